The predicted octanol–water partition coefficient (Wildman–Crippen LogP) is 4.81. The van der Waals surface area contributed by atoms with Crippen molar-refractivity contribution in [2.45, 2.75) is 20.4 Å². The van der Waals surface area contributed by atoms with Gasteiger partial charge in [-0.1, -0.05) is 30.3 Å². The molecule has 0 aliphatic heterocycles. The van der Waals surface area contributed by atoms with Gasteiger partial charge in [0.05, 0.1) is 0 Å². The molecule has 0 saturated heterocycles. The second-order valence-corrected chi connectivity index (χ2v) is 7.43. The molecule has 4 aromatic rings. The lowest BCUT2D eigenvalue weighted by Crippen LogP contribution is -2.33. The van der Waals surface area contributed by atoms with Gasteiger partial charge < -0.3 is 4.90 Å². The minimum Gasteiger partial charge on any atom is -0.372 e. The highest BCUT2D eigenvalue weighted by Gasteiger charge is 2.09. The maximum atomic E-state index is 2.36. The minimum absolute atomic E-state index is 0.888. The van der Waals surface area contributed by atoms with Crippen LogP contribution in [0.3, 0.4) is 0 Å². The molecule has 0 atom stereocenters. The Hall–Kier alpha value is -3.46. The standard InChI is InChI=1S/C27H29N3/c1-3-29(4-2)26-10-12-27(13-11-26)30-20-16-25(17-21-30)24-14-18-28(19-15-24)22-23-8-6-5-7-9-23/h5-21H,3-4,22H2,1-2H3/q+2. The van der Waals surface area contributed by atoms with Gasteiger partial charge in [0.25, 0.3) is 0 Å². The monoisotopic (exact) mass is 395 g/mol. The van der Waals surface area contributed by atoms with Crippen LogP contribution in [-0.4, -0.2) is 13.1 Å². The first-order valence-electron chi connectivity index (χ1n) is 10.7. The molecule has 0 fully saturated rings. The molecular formula is C27H29N3+2. The summed E-state index contributed by atoms with van der Waals surface area (Å²) in [6, 6.07) is 28.0. The fraction of sp³-hybridized carbons (Fsp3) is 0.185. The number of rotatable bonds is 7. The second kappa shape index (κ2) is 9.36. The lowest BCUT2D eigenvalue weighted by Gasteiger charge is -2.20. The number of anilines is 1. The topological polar surface area (TPSA) is 11.0 Å². The van der Waals surface area contributed by atoms with E-state index >= 15 is 0 Å². The molecule has 0 aliphatic carbocycles. The van der Waals surface area contributed by atoms with Crippen LogP contribution >= 0.6 is 0 Å². The number of nitrogens with zero attached hydrogens (tertiary/aromatic N) is 3. The zero-order valence-electron chi connectivity index (χ0n) is 17.8. The Bertz CT molecular complexity index is 1050. The van der Waals surface area contributed by atoms with Crippen molar-refractivity contribution in [1.82, 2.24) is 0 Å². The molecule has 2 aromatic heterocycles. The molecule has 0 bridgehead atoms. The Kier molecular flexibility index (Phi) is 6.19. The van der Waals surface area contributed by atoms with Gasteiger partial charge in [-0.3, -0.25) is 0 Å². The van der Waals surface area contributed by atoms with Crippen molar-refractivity contribution in [2.75, 3.05) is 18.0 Å². The zero-order valence-corrected chi connectivity index (χ0v) is 17.8. The van der Waals surface area contributed by atoms with Crippen LogP contribution < -0.4 is 14.0 Å². The van der Waals surface area contributed by atoms with E-state index in [9.17, 15) is 0 Å². The van der Waals surface area contributed by atoms with Gasteiger partial charge in [-0.2, -0.15) is 4.57 Å². The van der Waals surface area contributed by atoms with Crippen molar-refractivity contribution in [3.63, 3.8) is 0 Å². The summed E-state index contributed by atoms with van der Waals surface area (Å²) < 4.78 is 4.37. The quantitative estimate of drug-likeness (QED) is 0.409. The molecule has 30 heavy (non-hydrogen) atoms. The van der Waals surface area contributed by atoms with Crippen molar-refractivity contribution in [1.29, 1.82) is 0 Å². The van der Waals surface area contributed by atoms with Gasteiger partial charge in [0.1, 0.15) is 0 Å². The number of pyridine rings is 2. The molecule has 3 heteroatoms. The third-order valence-corrected chi connectivity index (χ3v) is 5.54. The molecule has 2 aromatic carbocycles. The van der Waals surface area contributed by atoms with Gasteiger partial charge in [-0.05, 0) is 37.1 Å². The lowest BCUT2D eigenvalue weighted by molar-refractivity contribution is -0.688. The molecule has 4 rings (SSSR count). The van der Waals surface area contributed by atoms with Crippen LogP contribution in [0.25, 0.3) is 16.8 Å². The highest BCUT2D eigenvalue weighted by molar-refractivity contribution is 5.61. The SMILES string of the molecule is CCN(CC)c1ccc(-[n+]2ccc(-c3cc[n+](Cc4ccccc4)cc3)cc2)cc1. The Morgan fingerprint density at radius 1 is 0.633 bits per heavy atom. The molecule has 0 aliphatic rings. The van der Waals surface area contributed by atoms with Crippen LogP contribution in [0.5, 0.6) is 0 Å². The van der Waals surface area contributed by atoms with Gasteiger partial charge in [-0.25, -0.2) is 4.57 Å². The molecule has 0 radical (unpaired) electrons. The molecule has 0 unspecified atom stereocenters. The van der Waals surface area contributed by atoms with E-state index in [-0.39, 0.29) is 0 Å². The second-order valence-electron chi connectivity index (χ2n) is 7.43. The van der Waals surface area contributed by atoms with Gasteiger partial charge in [0.2, 0.25) is 5.69 Å². The van der Waals surface area contributed by atoms with E-state index in [1.807, 2.05) is 0 Å². The van der Waals surface area contributed by atoms with Crippen molar-refractivity contribution < 1.29 is 9.13 Å². The van der Waals surface area contributed by atoms with Gasteiger partial charge in [0, 0.05) is 60.7 Å². The summed E-state index contributed by atoms with van der Waals surface area (Å²) in [5.41, 5.74) is 6.20. The van der Waals surface area contributed by atoms with Crippen LogP contribution in [0.2, 0.25) is 0 Å². The third-order valence-electron chi connectivity index (χ3n) is 5.54. The number of aromatic nitrogens is 2. The summed E-state index contributed by atoms with van der Waals surface area (Å²) in [5, 5.41) is 0. The van der Waals surface area contributed by atoms with Gasteiger partial charge in [-0.15, -0.1) is 0 Å². The maximum absolute atomic E-state index is 2.36. The summed E-state index contributed by atoms with van der Waals surface area (Å²) in [7, 11) is 0. The van der Waals surface area contributed by atoms with Gasteiger partial charge >= 0.3 is 0 Å². The van der Waals surface area contributed by atoms with Crippen molar-refractivity contribution in [2.24, 2.45) is 0 Å². The van der Waals surface area contributed by atoms with Crippen LogP contribution in [0.1, 0.15) is 19.4 Å². The fourth-order valence-corrected chi connectivity index (χ4v) is 3.76. The number of hydrogen-bond acceptors (Lipinski definition) is 1. The predicted molar refractivity (Wildman–Crippen MR) is 123 cm³/mol. The summed E-state index contributed by atoms with van der Waals surface area (Å²) >= 11 is 0. The van der Waals surface area contributed by atoms with E-state index in [1.165, 1.54) is 28.1 Å². The minimum atomic E-state index is 0.888. The van der Waals surface area contributed by atoms with Crippen molar-refractivity contribution >= 4 is 5.69 Å². The highest BCUT2D eigenvalue weighted by atomic mass is 15.1. The Labute approximate surface area is 179 Å². The molecule has 0 spiro atoms. The average molecular weight is 396 g/mol. The first kappa shape index (κ1) is 19.8. The van der Waals surface area contributed by atoms with Crippen LogP contribution in [-0.2, 0) is 6.54 Å². The molecule has 2 heterocycles. The van der Waals surface area contributed by atoms with Crippen LogP contribution in [0, 0.1) is 0 Å². The molecular weight excluding hydrogens is 366 g/mol. The average Bonchev–Trinajstić information content (AvgIpc) is 2.82. The van der Waals surface area contributed by atoms with E-state index in [0.29, 0.717) is 0 Å². The first-order valence-corrected chi connectivity index (χ1v) is 10.7. The van der Waals surface area contributed by atoms with Crippen LogP contribution in [0.15, 0.2) is 104 Å². The Morgan fingerprint density at radius 3 is 1.77 bits per heavy atom. The highest BCUT2D eigenvalue weighted by Crippen LogP contribution is 2.18. The van der Waals surface area contributed by atoms with E-state index in [4.69, 9.17) is 0 Å². The van der Waals surface area contributed by atoms with E-state index < -0.39 is 0 Å². The smallest absolute Gasteiger partial charge is 0.210 e. The Balaban J connectivity index is 1.47. The zero-order chi connectivity index (χ0) is 20.8. The van der Waals surface area contributed by atoms with Crippen LogP contribution in [0.4, 0.5) is 5.69 Å². The molecule has 3 nitrogen and oxygen atoms in total. The lowest BCUT2D eigenvalue weighted by atomic mass is 10.1. The summed E-state index contributed by atoms with van der Waals surface area (Å²) in [5.74, 6) is 0. The van der Waals surface area contributed by atoms with Crippen molar-refractivity contribution in [3.05, 3.63) is 109 Å². The van der Waals surface area contributed by atoms with Gasteiger partial charge in [0.15, 0.2) is 31.3 Å². The first-order chi connectivity index (χ1) is 14.8. The third kappa shape index (κ3) is 4.57. The summed E-state index contributed by atoms with van der Waals surface area (Å²) in [6.07, 6.45) is 8.56. The summed E-state index contributed by atoms with van der Waals surface area (Å²) in [6.45, 7) is 7.33. The van der Waals surface area contributed by atoms with E-state index in [1.54, 1.807) is 0 Å². The number of hydrogen-bond donors (Lipinski definition) is 0. The van der Waals surface area contributed by atoms with E-state index in [2.05, 4.69) is 132 Å². The Morgan fingerprint density at radius 2 is 1.20 bits per heavy atom. The van der Waals surface area contributed by atoms with Crippen molar-refractivity contribution in [3.8, 4) is 16.8 Å². The summed E-state index contributed by atoms with van der Waals surface area (Å²) in [4.78, 5) is 2.36. The fourth-order valence-electron chi connectivity index (χ4n) is 3.76. The largest absolute Gasteiger partial charge is 0.372 e. The molecule has 0 saturated carbocycles. The maximum Gasteiger partial charge on any atom is 0.210 e. The normalized spacial score (nSPS) is 10.7. The van der Waals surface area contributed by atoms with E-state index in [0.717, 1.165) is 19.6 Å². The molecule has 0 amide bonds. The molecule has 0 N–H and O–H groups in total. The molecule has 150 valence electrons. The number of benzene rings is 2.